The molecule has 0 spiro atoms. The zero-order valence-electron chi connectivity index (χ0n) is 11.6. The largest absolute Gasteiger partial charge is 0.349 e. The third kappa shape index (κ3) is 3.68. The quantitative estimate of drug-likeness (QED) is 0.841. The summed E-state index contributed by atoms with van der Waals surface area (Å²) in [6.45, 7) is 2.63. The van der Waals surface area contributed by atoms with Gasteiger partial charge in [-0.2, -0.15) is 5.10 Å². The molecule has 0 saturated carbocycles. The maximum absolute atomic E-state index is 12.1. The van der Waals surface area contributed by atoms with Gasteiger partial charge in [0.05, 0.1) is 17.4 Å². The lowest BCUT2D eigenvalue weighted by Crippen LogP contribution is -2.32. The van der Waals surface area contributed by atoms with Crippen molar-refractivity contribution in [2.75, 3.05) is 6.54 Å². The lowest BCUT2D eigenvalue weighted by molar-refractivity contribution is 0.0938. The average Bonchev–Trinajstić information content (AvgIpc) is 2.96. The average molecular weight is 272 g/mol. The Morgan fingerprint density at radius 1 is 1.40 bits per heavy atom. The van der Waals surface area contributed by atoms with Gasteiger partial charge in [-0.3, -0.25) is 4.79 Å². The van der Waals surface area contributed by atoms with Crippen LogP contribution in [0, 0.1) is 0 Å². The van der Waals surface area contributed by atoms with Gasteiger partial charge in [-0.05, 0) is 38.4 Å². The number of benzene rings is 1. The Morgan fingerprint density at radius 2 is 2.15 bits per heavy atom. The minimum atomic E-state index is -0.100. The van der Waals surface area contributed by atoms with Crippen molar-refractivity contribution in [3.05, 3.63) is 48.3 Å². The maximum Gasteiger partial charge on any atom is 0.254 e. The van der Waals surface area contributed by atoms with Crippen LogP contribution in [0.5, 0.6) is 0 Å². The van der Waals surface area contributed by atoms with E-state index < -0.39 is 0 Å². The highest BCUT2D eigenvalue weighted by Gasteiger charge is 2.12. The van der Waals surface area contributed by atoms with Gasteiger partial charge in [0, 0.05) is 12.2 Å². The molecule has 1 amide bonds. The Bertz CT molecular complexity index is 550. The molecule has 0 saturated heterocycles. The van der Waals surface area contributed by atoms with Crippen LogP contribution in [0.4, 0.5) is 0 Å². The van der Waals surface area contributed by atoms with Gasteiger partial charge in [0.1, 0.15) is 0 Å². The molecule has 3 N–H and O–H groups in total. The smallest absolute Gasteiger partial charge is 0.254 e. The predicted octanol–water partition coefficient (Wildman–Crippen LogP) is 1.73. The van der Waals surface area contributed by atoms with Crippen LogP contribution in [0.3, 0.4) is 0 Å². The highest BCUT2D eigenvalue weighted by Crippen LogP contribution is 2.08. The summed E-state index contributed by atoms with van der Waals surface area (Å²) >= 11 is 0. The molecule has 1 heterocycles. The second kappa shape index (κ2) is 6.86. The third-order valence-corrected chi connectivity index (χ3v) is 3.08. The fourth-order valence-electron chi connectivity index (χ4n) is 1.97. The molecule has 1 aromatic heterocycles. The molecule has 0 aliphatic heterocycles. The topological polar surface area (TPSA) is 72.9 Å². The first-order valence-corrected chi connectivity index (χ1v) is 6.81. The second-order valence-corrected chi connectivity index (χ2v) is 4.81. The Balaban J connectivity index is 2.00. The SMILES string of the molecule is CC(CCCN)NC(=O)c1cnn(-c2ccccc2)c1. The van der Waals surface area contributed by atoms with E-state index in [-0.39, 0.29) is 11.9 Å². The van der Waals surface area contributed by atoms with Crippen molar-refractivity contribution in [2.24, 2.45) is 5.73 Å². The molecule has 0 aliphatic carbocycles. The van der Waals surface area contributed by atoms with Crippen LogP contribution in [0.2, 0.25) is 0 Å². The number of nitrogens with two attached hydrogens (primary N) is 1. The molecular weight excluding hydrogens is 252 g/mol. The molecule has 0 radical (unpaired) electrons. The lowest BCUT2D eigenvalue weighted by atomic mass is 10.2. The molecule has 0 aliphatic rings. The summed E-state index contributed by atoms with van der Waals surface area (Å²) in [5.74, 6) is -0.100. The molecule has 5 nitrogen and oxygen atoms in total. The van der Waals surface area contributed by atoms with Gasteiger partial charge in [0.25, 0.3) is 5.91 Å². The first-order valence-electron chi connectivity index (χ1n) is 6.81. The molecule has 20 heavy (non-hydrogen) atoms. The van der Waals surface area contributed by atoms with Crippen molar-refractivity contribution < 1.29 is 4.79 Å². The van der Waals surface area contributed by atoms with Crippen LogP contribution < -0.4 is 11.1 Å². The number of hydrogen-bond acceptors (Lipinski definition) is 3. The monoisotopic (exact) mass is 272 g/mol. The van der Waals surface area contributed by atoms with Crippen molar-refractivity contribution >= 4 is 5.91 Å². The van der Waals surface area contributed by atoms with Crippen molar-refractivity contribution in [3.8, 4) is 5.69 Å². The van der Waals surface area contributed by atoms with Crippen molar-refractivity contribution in [1.29, 1.82) is 0 Å². The first kappa shape index (κ1) is 14.3. The Labute approximate surface area is 118 Å². The summed E-state index contributed by atoms with van der Waals surface area (Å²) < 4.78 is 1.69. The number of nitrogens with zero attached hydrogens (tertiary/aromatic N) is 2. The summed E-state index contributed by atoms with van der Waals surface area (Å²) in [6, 6.07) is 9.82. The van der Waals surface area contributed by atoms with Crippen LogP contribution in [-0.4, -0.2) is 28.3 Å². The number of amides is 1. The Hall–Kier alpha value is -2.14. The predicted molar refractivity (Wildman–Crippen MR) is 78.8 cm³/mol. The van der Waals surface area contributed by atoms with E-state index in [0.717, 1.165) is 18.5 Å². The van der Waals surface area contributed by atoms with E-state index in [9.17, 15) is 4.79 Å². The number of rotatable bonds is 6. The summed E-state index contributed by atoms with van der Waals surface area (Å²) in [4.78, 5) is 12.1. The molecule has 2 aromatic rings. The van der Waals surface area contributed by atoms with E-state index in [2.05, 4.69) is 10.4 Å². The number of aromatic nitrogens is 2. The highest BCUT2D eigenvalue weighted by molar-refractivity contribution is 5.93. The van der Waals surface area contributed by atoms with Crippen LogP contribution in [0.1, 0.15) is 30.1 Å². The number of nitrogens with one attached hydrogen (secondary N) is 1. The van der Waals surface area contributed by atoms with E-state index in [1.54, 1.807) is 17.1 Å². The zero-order valence-corrected chi connectivity index (χ0v) is 11.6. The van der Waals surface area contributed by atoms with E-state index in [4.69, 9.17) is 5.73 Å². The molecule has 0 bridgehead atoms. The van der Waals surface area contributed by atoms with Crippen LogP contribution in [0.25, 0.3) is 5.69 Å². The number of carbonyl (C=O) groups is 1. The lowest BCUT2D eigenvalue weighted by Gasteiger charge is -2.12. The van der Waals surface area contributed by atoms with Gasteiger partial charge in [0.15, 0.2) is 0 Å². The van der Waals surface area contributed by atoms with Gasteiger partial charge < -0.3 is 11.1 Å². The molecule has 5 heteroatoms. The van der Waals surface area contributed by atoms with Gasteiger partial charge in [-0.25, -0.2) is 4.68 Å². The molecule has 1 unspecified atom stereocenters. The van der Waals surface area contributed by atoms with Crippen molar-refractivity contribution in [2.45, 2.75) is 25.8 Å². The molecule has 1 aromatic carbocycles. The normalized spacial score (nSPS) is 12.1. The van der Waals surface area contributed by atoms with Gasteiger partial charge in [0.2, 0.25) is 0 Å². The Morgan fingerprint density at radius 3 is 2.85 bits per heavy atom. The summed E-state index contributed by atoms with van der Waals surface area (Å²) in [7, 11) is 0. The molecular formula is C15H20N4O. The van der Waals surface area contributed by atoms with E-state index >= 15 is 0 Å². The number of hydrogen-bond donors (Lipinski definition) is 2. The second-order valence-electron chi connectivity index (χ2n) is 4.81. The Kier molecular flexibility index (Phi) is 4.90. The van der Waals surface area contributed by atoms with Crippen LogP contribution >= 0.6 is 0 Å². The maximum atomic E-state index is 12.1. The standard InChI is InChI=1S/C15H20N4O/c1-12(6-5-9-16)18-15(20)13-10-17-19(11-13)14-7-3-2-4-8-14/h2-4,7-8,10-12H,5-6,9,16H2,1H3,(H,18,20). The van der Waals surface area contributed by atoms with E-state index in [1.807, 2.05) is 37.3 Å². The number of carbonyl (C=O) groups excluding carboxylic acids is 1. The fourth-order valence-corrected chi connectivity index (χ4v) is 1.97. The molecule has 106 valence electrons. The fraction of sp³-hybridized carbons (Fsp3) is 0.333. The van der Waals surface area contributed by atoms with Gasteiger partial charge in [-0.15, -0.1) is 0 Å². The third-order valence-electron chi connectivity index (χ3n) is 3.08. The summed E-state index contributed by atoms with van der Waals surface area (Å²) in [5, 5.41) is 7.16. The van der Waals surface area contributed by atoms with Crippen LogP contribution in [-0.2, 0) is 0 Å². The number of para-hydroxylation sites is 1. The van der Waals surface area contributed by atoms with E-state index in [1.165, 1.54) is 0 Å². The summed E-state index contributed by atoms with van der Waals surface area (Å²) in [6.07, 6.45) is 5.11. The first-order chi connectivity index (χ1) is 9.70. The van der Waals surface area contributed by atoms with Crippen molar-refractivity contribution in [3.63, 3.8) is 0 Å². The molecule has 1 atom stereocenters. The minimum Gasteiger partial charge on any atom is -0.349 e. The van der Waals surface area contributed by atoms with Gasteiger partial charge >= 0.3 is 0 Å². The summed E-state index contributed by atoms with van der Waals surface area (Å²) in [5.41, 5.74) is 6.96. The van der Waals surface area contributed by atoms with Crippen LogP contribution in [0.15, 0.2) is 42.7 Å². The molecule has 2 rings (SSSR count). The highest BCUT2D eigenvalue weighted by atomic mass is 16.1. The molecule has 0 fully saturated rings. The van der Waals surface area contributed by atoms with Gasteiger partial charge in [-0.1, -0.05) is 18.2 Å². The zero-order chi connectivity index (χ0) is 14.4. The van der Waals surface area contributed by atoms with E-state index in [0.29, 0.717) is 12.1 Å². The minimum absolute atomic E-state index is 0.100. The van der Waals surface area contributed by atoms with Crippen molar-refractivity contribution in [1.82, 2.24) is 15.1 Å².